The first-order valence-electron chi connectivity index (χ1n) is 19.0. The molecular formula is C43H45N7O5S. The Kier molecular flexibility index (Phi) is 10.1. The summed E-state index contributed by atoms with van der Waals surface area (Å²) in [5.74, 6) is 1.29. The number of methoxy groups -OCH3 is 1. The lowest BCUT2D eigenvalue weighted by molar-refractivity contribution is -0.134. The van der Waals surface area contributed by atoms with Gasteiger partial charge in [0.2, 0.25) is 0 Å². The first-order chi connectivity index (χ1) is 27.0. The van der Waals surface area contributed by atoms with E-state index in [0.717, 1.165) is 69.8 Å². The highest BCUT2D eigenvalue weighted by Crippen LogP contribution is 2.39. The van der Waals surface area contributed by atoms with Crippen LogP contribution in [0.2, 0.25) is 0 Å². The third kappa shape index (κ3) is 7.63. The third-order valence-electron chi connectivity index (χ3n) is 10.4. The highest BCUT2D eigenvalue weighted by molar-refractivity contribution is 7.22. The summed E-state index contributed by atoms with van der Waals surface area (Å²) >= 11 is 1.74. The van der Waals surface area contributed by atoms with Crippen molar-refractivity contribution >= 4 is 39.5 Å². The van der Waals surface area contributed by atoms with Crippen molar-refractivity contribution in [1.29, 1.82) is 0 Å². The van der Waals surface area contributed by atoms with Gasteiger partial charge < -0.3 is 29.7 Å². The maximum atomic E-state index is 13.9. The Morgan fingerprint density at radius 3 is 2.07 bits per heavy atom. The van der Waals surface area contributed by atoms with Gasteiger partial charge in [0.15, 0.2) is 0 Å². The summed E-state index contributed by atoms with van der Waals surface area (Å²) in [6, 6.07) is 25.0. The van der Waals surface area contributed by atoms with Gasteiger partial charge in [-0.25, -0.2) is 19.6 Å². The van der Waals surface area contributed by atoms with Crippen LogP contribution < -0.4 is 5.32 Å². The zero-order valence-corrected chi connectivity index (χ0v) is 32.7. The lowest BCUT2D eigenvalue weighted by Crippen LogP contribution is -2.42. The Bertz CT molecular complexity index is 2360. The number of aromatic amines is 2. The summed E-state index contributed by atoms with van der Waals surface area (Å²) in [6.07, 6.45) is 6.04. The predicted octanol–water partition coefficient (Wildman–Crippen LogP) is 9.18. The number of alkyl carbamates (subject to hydrolysis) is 1. The number of carbonyl (C=O) groups excluding carboxylic acids is 3. The average molecular weight is 772 g/mol. The minimum atomic E-state index is -0.870. The standard InChI is InChI=1S/C43H45N7O5S/c1-43(2,3)55-42(53)50-21-9-13-34(50)39-45-25-32(47-39)29-18-19-30-23-35(56-36(30)22-29)27-16-14-26(15-17-27)31-24-44-38(46-31)33-12-8-20-49(33)40(51)37(48-41(52)54-4)28-10-6-5-7-11-28/h5-7,10-11,14-19,22-25,33-34,37H,8-9,12-13,20-21H2,1-4H3,(H,44,46)(H,45,47)(H,48,52)/t33-,34-,37+/m0/s1. The molecule has 5 heterocycles. The molecule has 0 saturated carbocycles. The van der Waals surface area contributed by atoms with Gasteiger partial charge in [0.1, 0.15) is 23.3 Å². The second-order valence-electron chi connectivity index (χ2n) is 15.3. The molecule has 0 spiro atoms. The summed E-state index contributed by atoms with van der Waals surface area (Å²) in [5, 5.41) is 3.88. The predicted molar refractivity (Wildman–Crippen MR) is 216 cm³/mol. The number of thiophene rings is 1. The lowest BCUT2D eigenvalue weighted by Gasteiger charge is -2.28. The van der Waals surface area contributed by atoms with Crippen molar-refractivity contribution in [2.45, 2.75) is 70.2 Å². The molecule has 6 aromatic rings. The van der Waals surface area contributed by atoms with Crippen LogP contribution in [0.1, 0.15) is 81.8 Å². The van der Waals surface area contributed by atoms with Crippen LogP contribution in [0.3, 0.4) is 0 Å². The normalized spacial score (nSPS) is 17.6. The number of likely N-dealkylation sites (tertiary alicyclic amines) is 2. The number of fused-ring (bicyclic) bond motifs is 1. The van der Waals surface area contributed by atoms with Crippen molar-refractivity contribution in [2.75, 3.05) is 20.2 Å². The number of carbonyl (C=O) groups is 3. The fraction of sp³-hybridized carbons (Fsp3) is 0.326. The van der Waals surface area contributed by atoms with Crippen molar-refractivity contribution in [3.8, 4) is 33.0 Å². The van der Waals surface area contributed by atoms with E-state index in [1.807, 2.05) is 63.5 Å². The summed E-state index contributed by atoms with van der Waals surface area (Å²) in [6.45, 7) is 6.86. The summed E-state index contributed by atoms with van der Waals surface area (Å²) in [4.78, 5) is 60.1. The van der Waals surface area contributed by atoms with E-state index in [9.17, 15) is 14.4 Å². The molecule has 0 bridgehead atoms. The largest absolute Gasteiger partial charge is 0.453 e. The van der Waals surface area contributed by atoms with Crippen LogP contribution >= 0.6 is 11.3 Å². The van der Waals surface area contributed by atoms with Crippen molar-refractivity contribution < 1.29 is 23.9 Å². The molecular weight excluding hydrogens is 727 g/mol. The lowest BCUT2D eigenvalue weighted by atomic mass is 10.1. The highest BCUT2D eigenvalue weighted by Gasteiger charge is 2.37. The molecule has 0 aliphatic carbocycles. The number of aromatic nitrogens is 4. The molecule has 2 fully saturated rings. The summed E-state index contributed by atoms with van der Waals surface area (Å²) < 4.78 is 11.7. The molecule has 8 rings (SSSR count). The first kappa shape index (κ1) is 37.0. The Hall–Kier alpha value is -5.95. The van der Waals surface area contributed by atoms with Gasteiger partial charge in [-0.15, -0.1) is 11.3 Å². The number of nitrogens with zero attached hydrogens (tertiary/aromatic N) is 4. The molecule has 3 N–H and O–H groups in total. The van der Waals surface area contributed by atoms with Crippen LogP contribution in [0.25, 0.3) is 43.0 Å². The van der Waals surface area contributed by atoms with Gasteiger partial charge >= 0.3 is 12.2 Å². The van der Waals surface area contributed by atoms with Crippen molar-refractivity contribution in [1.82, 2.24) is 35.1 Å². The molecule has 288 valence electrons. The van der Waals surface area contributed by atoms with Gasteiger partial charge in [-0.05, 0) is 80.7 Å². The fourth-order valence-electron chi connectivity index (χ4n) is 7.64. The number of rotatable bonds is 8. The Morgan fingerprint density at radius 1 is 0.804 bits per heavy atom. The van der Waals surface area contributed by atoms with E-state index in [4.69, 9.17) is 19.4 Å². The van der Waals surface area contributed by atoms with Gasteiger partial charge in [0.05, 0.1) is 43.0 Å². The number of H-pyrrole nitrogens is 2. The topological polar surface area (TPSA) is 146 Å². The third-order valence-corrected chi connectivity index (χ3v) is 11.5. The molecule has 3 amide bonds. The number of amides is 3. The number of ether oxygens (including phenoxy) is 2. The van der Waals surface area contributed by atoms with Gasteiger partial charge in [0.25, 0.3) is 5.91 Å². The molecule has 2 saturated heterocycles. The Labute approximate surface area is 329 Å². The number of hydrogen-bond donors (Lipinski definition) is 3. The van der Waals surface area contributed by atoms with Crippen LogP contribution in [-0.4, -0.2) is 73.6 Å². The van der Waals surface area contributed by atoms with E-state index in [2.05, 4.69) is 63.8 Å². The molecule has 3 atom stereocenters. The van der Waals surface area contributed by atoms with Gasteiger partial charge in [-0.1, -0.05) is 66.7 Å². The minimum Gasteiger partial charge on any atom is -0.453 e. The highest BCUT2D eigenvalue weighted by atomic mass is 32.1. The van der Waals surface area contributed by atoms with Crippen molar-refractivity contribution in [3.63, 3.8) is 0 Å². The summed E-state index contributed by atoms with van der Waals surface area (Å²) in [5.41, 5.74) is 5.05. The van der Waals surface area contributed by atoms with E-state index in [-0.39, 0.29) is 24.1 Å². The van der Waals surface area contributed by atoms with E-state index in [0.29, 0.717) is 24.5 Å². The van der Waals surface area contributed by atoms with E-state index < -0.39 is 17.7 Å². The van der Waals surface area contributed by atoms with Crippen LogP contribution in [-0.2, 0) is 14.3 Å². The van der Waals surface area contributed by atoms with Gasteiger partial charge in [-0.2, -0.15) is 0 Å². The average Bonchev–Trinajstić information content (AvgIpc) is 4.05. The second-order valence-corrected chi connectivity index (χ2v) is 16.4. The molecule has 2 aliphatic heterocycles. The van der Waals surface area contributed by atoms with Crippen LogP contribution in [0.5, 0.6) is 0 Å². The van der Waals surface area contributed by atoms with Crippen LogP contribution in [0.15, 0.2) is 91.3 Å². The number of benzene rings is 3. The Morgan fingerprint density at radius 2 is 1.41 bits per heavy atom. The van der Waals surface area contributed by atoms with Gasteiger partial charge in [0, 0.05) is 28.2 Å². The number of hydrogen-bond acceptors (Lipinski definition) is 8. The molecule has 0 unspecified atom stereocenters. The van der Waals surface area contributed by atoms with E-state index >= 15 is 0 Å². The molecule has 13 heteroatoms. The Balaban J connectivity index is 0.958. The fourth-order valence-corrected chi connectivity index (χ4v) is 8.75. The van der Waals surface area contributed by atoms with E-state index in [1.54, 1.807) is 21.1 Å². The second kappa shape index (κ2) is 15.3. The van der Waals surface area contributed by atoms with Crippen molar-refractivity contribution in [2.24, 2.45) is 0 Å². The van der Waals surface area contributed by atoms with Crippen LogP contribution in [0, 0.1) is 0 Å². The quantitative estimate of drug-likeness (QED) is 0.140. The molecule has 3 aromatic carbocycles. The molecule has 2 aliphatic rings. The zero-order valence-electron chi connectivity index (χ0n) is 31.9. The first-order valence-corrected chi connectivity index (χ1v) is 19.8. The summed E-state index contributed by atoms with van der Waals surface area (Å²) in [7, 11) is 1.29. The smallest absolute Gasteiger partial charge is 0.410 e. The minimum absolute atomic E-state index is 0.136. The van der Waals surface area contributed by atoms with E-state index in [1.165, 1.54) is 11.8 Å². The van der Waals surface area contributed by atoms with Crippen LogP contribution in [0.4, 0.5) is 9.59 Å². The monoisotopic (exact) mass is 771 g/mol. The molecule has 56 heavy (non-hydrogen) atoms. The molecule has 3 aromatic heterocycles. The molecule has 12 nitrogen and oxygen atoms in total. The maximum absolute atomic E-state index is 13.9. The zero-order chi connectivity index (χ0) is 39.0. The maximum Gasteiger partial charge on any atom is 0.410 e. The van der Waals surface area contributed by atoms with Crippen molar-refractivity contribution in [3.05, 3.63) is 108 Å². The SMILES string of the molecule is COC(=O)N[C@@H](C(=O)N1CCC[C@H]1c1ncc(-c2ccc(-c3cc4ccc(-c5cnc([C@@H]6CCCN6C(=O)OC(C)(C)C)[nH]5)cc4s3)cc2)[nH]1)c1ccccc1. The number of nitrogens with one attached hydrogen (secondary N) is 3. The number of imidazole rings is 2. The van der Waals surface area contributed by atoms with Gasteiger partial charge in [-0.3, -0.25) is 9.69 Å². The molecule has 0 radical (unpaired) electrons.